The third-order valence-electron chi connectivity index (χ3n) is 3.10. The molecule has 1 N–H and O–H groups in total. The first-order chi connectivity index (χ1) is 9.00. The Bertz CT molecular complexity index is 608. The van der Waals surface area contributed by atoms with Crippen LogP contribution >= 0.6 is 0 Å². The van der Waals surface area contributed by atoms with Crippen molar-refractivity contribution >= 4 is 5.91 Å². The predicted molar refractivity (Wildman–Crippen MR) is 68.0 cm³/mol. The number of halogens is 1. The maximum Gasteiger partial charge on any atom is 0.254 e. The molecule has 0 saturated heterocycles. The molecule has 0 aliphatic carbocycles. The molecule has 5 nitrogen and oxygen atoms in total. The highest BCUT2D eigenvalue weighted by Gasteiger charge is 2.17. The summed E-state index contributed by atoms with van der Waals surface area (Å²) in [4.78, 5) is 15.6. The van der Waals surface area contributed by atoms with Gasteiger partial charge in [0.15, 0.2) is 5.82 Å². The Morgan fingerprint density at radius 3 is 2.79 bits per heavy atom. The van der Waals surface area contributed by atoms with Crippen LogP contribution in [-0.2, 0) is 7.05 Å². The van der Waals surface area contributed by atoms with E-state index in [1.807, 2.05) is 20.9 Å². The SMILES string of the molecule is Cc1c(C(C)NC(=O)c2ccncc2F)cnn1C. The first-order valence-electron chi connectivity index (χ1n) is 5.89. The summed E-state index contributed by atoms with van der Waals surface area (Å²) in [5.74, 6) is -1.09. The highest BCUT2D eigenvalue weighted by molar-refractivity contribution is 5.94. The van der Waals surface area contributed by atoms with Crippen molar-refractivity contribution in [2.75, 3.05) is 0 Å². The van der Waals surface area contributed by atoms with Gasteiger partial charge in [-0.15, -0.1) is 0 Å². The zero-order valence-corrected chi connectivity index (χ0v) is 11.0. The first-order valence-corrected chi connectivity index (χ1v) is 5.89. The van der Waals surface area contributed by atoms with Crippen molar-refractivity contribution in [1.82, 2.24) is 20.1 Å². The van der Waals surface area contributed by atoms with Gasteiger partial charge in [-0.05, 0) is 19.9 Å². The van der Waals surface area contributed by atoms with E-state index in [2.05, 4.69) is 15.4 Å². The Labute approximate surface area is 110 Å². The normalized spacial score (nSPS) is 12.2. The number of carbonyl (C=O) groups excluding carboxylic acids is 1. The van der Waals surface area contributed by atoms with Crippen LogP contribution in [0.25, 0.3) is 0 Å². The van der Waals surface area contributed by atoms with Crippen molar-refractivity contribution in [1.29, 1.82) is 0 Å². The minimum absolute atomic E-state index is 0.0107. The molecule has 0 bridgehead atoms. The van der Waals surface area contributed by atoms with Crippen molar-refractivity contribution in [2.45, 2.75) is 19.9 Å². The number of aromatic nitrogens is 3. The number of hydrogen-bond donors (Lipinski definition) is 1. The van der Waals surface area contributed by atoms with E-state index in [1.165, 1.54) is 12.3 Å². The number of rotatable bonds is 3. The van der Waals surface area contributed by atoms with E-state index in [4.69, 9.17) is 0 Å². The van der Waals surface area contributed by atoms with Crippen LogP contribution in [0.4, 0.5) is 4.39 Å². The molecule has 2 rings (SSSR count). The molecular formula is C13H15FN4O. The largest absolute Gasteiger partial charge is 0.345 e. The number of nitrogens with zero attached hydrogens (tertiary/aromatic N) is 3. The van der Waals surface area contributed by atoms with Crippen LogP contribution in [0.2, 0.25) is 0 Å². The Morgan fingerprint density at radius 1 is 1.47 bits per heavy atom. The molecule has 0 aromatic carbocycles. The third-order valence-corrected chi connectivity index (χ3v) is 3.10. The monoisotopic (exact) mass is 262 g/mol. The van der Waals surface area contributed by atoms with E-state index in [-0.39, 0.29) is 11.6 Å². The fourth-order valence-electron chi connectivity index (χ4n) is 1.85. The van der Waals surface area contributed by atoms with Gasteiger partial charge in [-0.25, -0.2) is 4.39 Å². The van der Waals surface area contributed by atoms with E-state index in [0.717, 1.165) is 17.5 Å². The molecule has 2 heterocycles. The molecule has 2 aromatic rings. The van der Waals surface area contributed by atoms with Gasteiger partial charge in [0.25, 0.3) is 5.91 Å². The third kappa shape index (κ3) is 2.62. The highest BCUT2D eigenvalue weighted by Crippen LogP contribution is 2.17. The second kappa shape index (κ2) is 5.17. The molecule has 0 aliphatic rings. The quantitative estimate of drug-likeness (QED) is 0.916. The number of amides is 1. The highest BCUT2D eigenvalue weighted by atomic mass is 19.1. The number of hydrogen-bond acceptors (Lipinski definition) is 3. The number of pyridine rings is 1. The molecular weight excluding hydrogens is 247 g/mol. The number of carbonyl (C=O) groups is 1. The molecule has 2 aromatic heterocycles. The molecule has 0 aliphatic heterocycles. The van der Waals surface area contributed by atoms with Gasteiger partial charge in [0.1, 0.15) is 0 Å². The van der Waals surface area contributed by atoms with E-state index < -0.39 is 11.7 Å². The molecule has 19 heavy (non-hydrogen) atoms. The van der Waals surface area contributed by atoms with Gasteiger partial charge >= 0.3 is 0 Å². The molecule has 6 heteroatoms. The van der Waals surface area contributed by atoms with Crippen LogP contribution < -0.4 is 5.32 Å². The number of nitrogens with one attached hydrogen (secondary N) is 1. The number of aryl methyl sites for hydroxylation is 1. The van der Waals surface area contributed by atoms with Crippen molar-refractivity contribution in [2.24, 2.45) is 7.05 Å². The molecule has 0 radical (unpaired) electrons. The van der Waals surface area contributed by atoms with Crippen molar-refractivity contribution < 1.29 is 9.18 Å². The average Bonchev–Trinajstić information content (AvgIpc) is 2.70. The summed E-state index contributed by atoms with van der Waals surface area (Å²) >= 11 is 0. The maximum absolute atomic E-state index is 13.4. The average molecular weight is 262 g/mol. The van der Waals surface area contributed by atoms with Crippen LogP contribution in [-0.4, -0.2) is 20.7 Å². The minimum Gasteiger partial charge on any atom is -0.345 e. The molecule has 100 valence electrons. The zero-order chi connectivity index (χ0) is 14.0. The van der Waals surface area contributed by atoms with E-state index in [9.17, 15) is 9.18 Å². The summed E-state index contributed by atoms with van der Waals surface area (Å²) in [7, 11) is 1.83. The summed E-state index contributed by atoms with van der Waals surface area (Å²) in [6.45, 7) is 3.75. The second-order valence-corrected chi connectivity index (χ2v) is 4.36. The van der Waals surface area contributed by atoms with Crippen LogP contribution in [0.15, 0.2) is 24.7 Å². The van der Waals surface area contributed by atoms with Crippen LogP contribution in [0, 0.1) is 12.7 Å². The molecule has 0 saturated carbocycles. The first kappa shape index (κ1) is 13.2. The van der Waals surface area contributed by atoms with Gasteiger partial charge in [0.05, 0.1) is 24.0 Å². The molecule has 0 fully saturated rings. The Morgan fingerprint density at radius 2 is 2.21 bits per heavy atom. The summed E-state index contributed by atoms with van der Waals surface area (Å²) in [5.41, 5.74) is 1.86. The zero-order valence-electron chi connectivity index (χ0n) is 11.0. The Balaban J connectivity index is 2.16. The van der Waals surface area contributed by atoms with Crippen LogP contribution in [0.5, 0.6) is 0 Å². The van der Waals surface area contributed by atoms with Crippen molar-refractivity contribution in [3.63, 3.8) is 0 Å². The fraction of sp³-hybridized carbons (Fsp3) is 0.308. The van der Waals surface area contributed by atoms with Gasteiger partial charge in [-0.1, -0.05) is 0 Å². The van der Waals surface area contributed by atoms with Crippen LogP contribution in [0.1, 0.15) is 34.6 Å². The van der Waals surface area contributed by atoms with E-state index in [1.54, 1.807) is 10.9 Å². The van der Waals surface area contributed by atoms with Crippen LogP contribution in [0.3, 0.4) is 0 Å². The molecule has 0 spiro atoms. The standard InChI is InChI=1S/C13H15FN4O/c1-8(11-6-16-18(3)9(11)2)17-13(19)10-4-5-15-7-12(10)14/h4-8H,1-3H3,(H,17,19). The van der Waals surface area contributed by atoms with Gasteiger partial charge in [-0.2, -0.15) is 5.10 Å². The molecule has 1 unspecified atom stereocenters. The summed E-state index contributed by atoms with van der Waals surface area (Å²) in [6, 6.07) is 1.11. The van der Waals surface area contributed by atoms with Gasteiger partial charge in [-0.3, -0.25) is 14.5 Å². The summed E-state index contributed by atoms with van der Waals surface area (Å²) in [5, 5.41) is 6.86. The fourth-order valence-corrected chi connectivity index (χ4v) is 1.85. The Kier molecular flexibility index (Phi) is 3.59. The lowest BCUT2D eigenvalue weighted by atomic mass is 10.1. The van der Waals surface area contributed by atoms with E-state index in [0.29, 0.717) is 0 Å². The van der Waals surface area contributed by atoms with Gasteiger partial charge < -0.3 is 5.32 Å². The lowest BCUT2D eigenvalue weighted by molar-refractivity contribution is 0.0935. The summed E-state index contributed by atoms with van der Waals surface area (Å²) in [6.07, 6.45) is 4.11. The molecule has 1 amide bonds. The lowest BCUT2D eigenvalue weighted by Crippen LogP contribution is -2.27. The Hall–Kier alpha value is -2.24. The molecule has 1 atom stereocenters. The smallest absolute Gasteiger partial charge is 0.254 e. The second-order valence-electron chi connectivity index (χ2n) is 4.36. The lowest BCUT2D eigenvalue weighted by Gasteiger charge is -2.14. The summed E-state index contributed by atoms with van der Waals surface area (Å²) < 4.78 is 15.2. The van der Waals surface area contributed by atoms with Crippen molar-refractivity contribution in [3.05, 3.63) is 47.3 Å². The van der Waals surface area contributed by atoms with Gasteiger partial charge in [0.2, 0.25) is 0 Å². The topological polar surface area (TPSA) is 59.8 Å². The van der Waals surface area contributed by atoms with E-state index >= 15 is 0 Å². The van der Waals surface area contributed by atoms with Gasteiger partial charge in [0, 0.05) is 24.5 Å². The predicted octanol–water partition coefficient (Wildman–Crippen LogP) is 1.75. The van der Waals surface area contributed by atoms with Crippen molar-refractivity contribution in [3.8, 4) is 0 Å². The maximum atomic E-state index is 13.4. The minimum atomic E-state index is -0.630.